The highest BCUT2D eigenvalue weighted by Crippen LogP contribution is 2.26. The lowest BCUT2D eigenvalue weighted by atomic mass is 10.1. The van der Waals surface area contributed by atoms with Crippen LogP contribution >= 0.6 is 38.5 Å². The molecule has 1 heterocycles. The number of benzene rings is 1. The minimum absolute atomic E-state index is 0.311. The van der Waals surface area contributed by atoms with Crippen molar-refractivity contribution < 1.29 is 4.39 Å². The Balaban J connectivity index is 2.51. The summed E-state index contributed by atoms with van der Waals surface area (Å²) in [6, 6.07) is 4.70. The molecule has 20 heavy (non-hydrogen) atoms. The van der Waals surface area contributed by atoms with Gasteiger partial charge in [-0.25, -0.2) is 14.4 Å². The average molecular weight is 450 g/mol. The Morgan fingerprint density at radius 1 is 1.35 bits per heavy atom. The molecule has 0 atom stereocenters. The van der Waals surface area contributed by atoms with Crippen LogP contribution < -0.4 is 5.73 Å². The quantitative estimate of drug-likeness (QED) is 0.705. The number of halogens is 3. The monoisotopic (exact) mass is 449 g/mol. The Hall–Kier alpha value is -0.760. The number of nitrogens with zero attached hydrogens (tertiary/aromatic N) is 2. The molecule has 0 aliphatic heterocycles. The van der Waals surface area contributed by atoms with E-state index in [-0.39, 0.29) is 5.82 Å². The Labute approximate surface area is 139 Å². The first kappa shape index (κ1) is 15.6. The smallest absolute Gasteiger partial charge is 0.161 e. The highest BCUT2D eigenvalue weighted by atomic mass is 127. The van der Waals surface area contributed by atoms with Gasteiger partial charge in [0.2, 0.25) is 0 Å². The zero-order chi connectivity index (χ0) is 14.9. The number of hydrogen-bond acceptors (Lipinski definition) is 3. The summed E-state index contributed by atoms with van der Waals surface area (Å²) in [5, 5.41) is 0. The summed E-state index contributed by atoms with van der Waals surface area (Å²) < 4.78 is 14.6. The van der Waals surface area contributed by atoms with Gasteiger partial charge in [-0.3, -0.25) is 0 Å². The lowest BCUT2D eigenvalue weighted by molar-refractivity contribution is 0.621. The summed E-state index contributed by atoms with van der Waals surface area (Å²) >= 11 is 5.34. The van der Waals surface area contributed by atoms with Gasteiger partial charge in [0, 0.05) is 5.56 Å². The maximum absolute atomic E-state index is 13.3. The predicted molar refractivity (Wildman–Crippen MR) is 90.8 cm³/mol. The molecule has 2 rings (SSSR count). The largest absolute Gasteiger partial charge is 0.383 e. The van der Waals surface area contributed by atoms with Crippen molar-refractivity contribution in [3.05, 3.63) is 37.8 Å². The molecule has 0 unspecified atom stereocenters. The van der Waals surface area contributed by atoms with E-state index in [1.807, 2.05) is 0 Å². The standard InChI is InChI=1S/C14H14BrFIN3/c1-7(2)5-11-12(17)13(18)20-14(19-11)8-3-4-10(16)9(15)6-8/h3-4,6-7H,5H2,1-2H3,(H2,18,19,20). The number of aromatic nitrogens is 2. The minimum atomic E-state index is -0.311. The summed E-state index contributed by atoms with van der Waals surface area (Å²) in [6.45, 7) is 4.26. The van der Waals surface area contributed by atoms with E-state index in [0.717, 1.165) is 21.2 Å². The van der Waals surface area contributed by atoms with Gasteiger partial charge >= 0.3 is 0 Å². The maximum atomic E-state index is 13.3. The van der Waals surface area contributed by atoms with E-state index in [2.05, 4.69) is 62.3 Å². The lowest BCUT2D eigenvalue weighted by Gasteiger charge is -2.11. The number of anilines is 1. The third-order valence-corrected chi connectivity index (χ3v) is 4.51. The van der Waals surface area contributed by atoms with Crippen LogP contribution in [0.25, 0.3) is 11.4 Å². The molecule has 2 N–H and O–H groups in total. The first-order valence-corrected chi connectivity index (χ1v) is 8.03. The Bertz CT molecular complexity index is 647. The Kier molecular flexibility index (Phi) is 4.95. The zero-order valence-electron chi connectivity index (χ0n) is 11.1. The summed E-state index contributed by atoms with van der Waals surface area (Å²) in [5.74, 6) is 1.16. The molecule has 0 aliphatic carbocycles. The highest BCUT2D eigenvalue weighted by molar-refractivity contribution is 14.1. The van der Waals surface area contributed by atoms with Crippen LogP contribution in [0, 0.1) is 15.3 Å². The molecule has 0 amide bonds. The second kappa shape index (κ2) is 6.34. The SMILES string of the molecule is CC(C)Cc1nc(-c2ccc(F)c(Br)c2)nc(N)c1I. The van der Waals surface area contributed by atoms with Crippen LogP contribution in [-0.2, 0) is 6.42 Å². The van der Waals surface area contributed by atoms with Crippen molar-refractivity contribution in [3.8, 4) is 11.4 Å². The van der Waals surface area contributed by atoms with E-state index in [0.29, 0.717) is 22.0 Å². The van der Waals surface area contributed by atoms with E-state index in [4.69, 9.17) is 5.73 Å². The summed E-state index contributed by atoms with van der Waals surface area (Å²) in [5.41, 5.74) is 7.63. The van der Waals surface area contributed by atoms with Crippen LogP contribution in [0.15, 0.2) is 22.7 Å². The van der Waals surface area contributed by atoms with E-state index in [1.165, 1.54) is 6.07 Å². The van der Waals surface area contributed by atoms with Crippen molar-refractivity contribution in [2.75, 3.05) is 5.73 Å². The fraction of sp³-hybridized carbons (Fsp3) is 0.286. The molecule has 0 aliphatic rings. The van der Waals surface area contributed by atoms with Crippen molar-refractivity contribution >= 4 is 44.3 Å². The van der Waals surface area contributed by atoms with Crippen molar-refractivity contribution in [1.82, 2.24) is 9.97 Å². The molecule has 3 nitrogen and oxygen atoms in total. The molecule has 1 aromatic heterocycles. The van der Waals surface area contributed by atoms with Crippen LogP contribution in [0.2, 0.25) is 0 Å². The molecular formula is C14H14BrFIN3. The molecule has 0 saturated heterocycles. The van der Waals surface area contributed by atoms with Gasteiger partial charge in [-0.05, 0) is 69.1 Å². The molecule has 0 radical (unpaired) electrons. The van der Waals surface area contributed by atoms with Crippen LogP contribution in [0.5, 0.6) is 0 Å². The molecule has 0 saturated carbocycles. The number of rotatable bonds is 3. The van der Waals surface area contributed by atoms with Gasteiger partial charge in [-0.15, -0.1) is 0 Å². The number of hydrogen-bond donors (Lipinski definition) is 1. The maximum Gasteiger partial charge on any atom is 0.161 e. The molecule has 1 aromatic carbocycles. The van der Waals surface area contributed by atoms with Crippen molar-refractivity contribution in [2.24, 2.45) is 5.92 Å². The van der Waals surface area contributed by atoms with E-state index < -0.39 is 0 Å². The van der Waals surface area contributed by atoms with Crippen molar-refractivity contribution in [2.45, 2.75) is 20.3 Å². The fourth-order valence-electron chi connectivity index (χ4n) is 1.80. The van der Waals surface area contributed by atoms with Crippen LogP contribution in [0.3, 0.4) is 0 Å². The van der Waals surface area contributed by atoms with Crippen molar-refractivity contribution in [1.29, 1.82) is 0 Å². The van der Waals surface area contributed by atoms with Gasteiger partial charge in [0.15, 0.2) is 5.82 Å². The van der Waals surface area contributed by atoms with E-state index in [1.54, 1.807) is 12.1 Å². The molecular weight excluding hydrogens is 436 g/mol. The first-order chi connectivity index (χ1) is 9.38. The highest BCUT2D eigenvalue weighted by Gasteiger charge is 2.13. The van der Waals surface area contributed by atoms with Gasteiger partial charge in [0.1, 0.15) is 11.6 Å². The van der Waals surface area contributed by atoms with Gasteiger partial charge in [-0.1, -0.05) is 13.8 Å². The predicted octanol–water partition coefficient (Wildman–Crippen LogP) is 4.43. The average Bonchev–Trinajstić information content (AvgIpc) is 2.37. The Morgan fingerprint density at radius 3 is 2.65 bits per heavy atom. The third kappa shape index (κ3) is 3.46. The van der Waals surface area contributed by atoms with Crippen molar-refractivity contribution in [3.63, 3.8) is 0 Å². The fourth-order valence-corrected chi connectivity index (χ4v) is 2.64. The van der Waals surface area contributed by atoms with Gasteiger partial charge in [-0.2, -0.15) is 0 Å². The number of nitrogens with two attached hydrogens (primary N) is 1. The molecule has 6 heteroatoms. The second-order valence-corrected chi connectivity index (χ2v) is 6.85. The normalized spacial score (nSPS) is 11.1. The van der Waals surface area contributed by atoms with Crippen LogP contribution in [0.1, 0.15) is 19.5 Å². The third-order valence-electron chi connectivity index (χ3n) is 2.72. The van der Waals surface area contributed by atoms with E-state index in [9.17, 15) is 4.39 Å². The van der Waals surface area contributed by atoms with E-state index >= 15 is 0 Å². The lowest BCUT2D eigenvalue weighted by Crippen LogP contribution is -2.07. The van der Waals surface area contributed by atoms with Crippen LogP contribution in [0.4, 0.5) is 10.2 Å². The molecule has 0 fully saturated rings. The van der Waals surface area contributed by atoms with Crippen LogP contribution in [-0.4, -0.2) is 9.97 Å². The van der Waals surface area contributed by atoms with Gasteiger partial charge in [0.25, 0.3) is 0 Å². The second-order valence-electron chi connectivity index (χ2n) is 4.92. The summed E-state index contributed by atoms with van der Waals surface area (Å²) in [7, 11) is 0. The molecule has 106 valence electrons. The summed E-state index contributed by atoms with van der Waals surface area (Å²) in [4.78, 5) is 8.87. The number of nitrogen functional groups attached to an aromatic ring is 1. The first-order valence-electron chi connectivity index (χ1n) is 6.15. The minimum Gasteiger partial charge on any atom is -0.383 e. The topological polar surface area (TPSA) is 51.8 Å². The van der Waals surface area contributed by atoms with Gasteiger partial charge in [0.05, 0.1) is 13.7 Å². The zero-order valence-corrected chi connectivity index (χ0v) is 14.9. The van der Waals surface area contributed by atoms with Gasteiger partial charge < -0.3 is 5.73 Å². The molecule has 0 bridgehead atoms. The Morgan fingerprint density at radius 2 is 2.05 bits per heavy atom. The summed E-state index contributed by atoms with van der Waals surface area (Å²) in [6.07, 6.45) is 0.834. The molecule has 2 aromatic rings. The molecule has 0 spiro atoms.